The fourth-order valence-corrected chi connectivity index (χ4v) is 4.50. The van der Waals surface area contributed by atoms with Crippen LogP contribution in [-0.4, -0.2) is 48.5 Å². The third kappa shape index (κ3) is 5.16. The van der Waals surface area contributed by atoms with Gasteiger partial charge in [-0.25, -0.2) is 17.7 Å². The van der Waals surface area contributed by atoms with Gasteiger partial charge in [0.05, 0.1) is 26.3 Å². The van der Waals surface area contributed by atoms with Crippen LogP contribution in [0.15, 0.2) is 52.3 Å². The van der Waals surface area contributed by atoms with Gasteiger partial charge in [-0.2, -0.15) is 9.32 Å². The number of sulfone groups is 1. The first-order valence-electron chi connectivity index (χ1n) is 9.40. The molecular formula is C20H21FN4O6S2. The standard InChI is InChI=1S/C20H21FN4O6S2/c1-20(2,33(27,28)16-10-9-14(11-15(16)21)32-31-30-4)18(26)23-19-22-17(24-25-19)12-5-7-13(29-3)8-6-12/h5-11H,1-4H3,(H2,22,23,24,25,26). The molecule has 0 saturated heterocycles. The van der Waals surface area contributed by atoms with Crippen LogP contribution in [0.4, 0.5) is 10.3 Å². The van der Waals surface area contributed by atoms with Crippen LogP contribution in [0.25, 0.3) is 11.4 Å². The number of nitrogens with one attached hydrogen (secondary N) is 2. The summed E-state index contributed by atoms with van der Waals surface area (Å²) in [5.74, 6) is -1.07. The number of rotatable bonds is 9. The van der Waals surface area contributed by atoms with E-state index in [1.807, 2.05) is 0 Å². The van der Waals surface area contributed by atoms with Crippen molar-refractivity contribution in [3.05, 3.63) is 48.3 Å². The number of benzene rings is 2. The Bertz CT molecular complexity index is 1250. The average molecular weight is 497 g/mol. The van der Waals surface area contributed by atoms with Gasteiger partial charge in [0.1, 0.15) is 21.2 Å². The predicted molar refractivity (Wildman–Crippen MR) is 119 cm³/mol. The van der Waals surface area contributed by atoms with Gasteiger partial charge in [0.25, 0.3) is 0 Å². The minimum atomic E-state index is -4.43. The number of anilines is 1. The zero-order valence-electron chi connectivity index (χ0n) is 18.1. The van der Waals surface area contributed by atoms with Gasteiger partial charge in [0.2, 0.25) is 11.9 Å². The molecule has 0 radical (unpaired) electrons. The first kappa shape index (κ1) is 24.6. The maximum Gasteiger partial charge on any atom is 0.249 e. The van der Waals surface area contributed by atoms with E-state index >= 15 is 0 Å². The molecule has 13 heteroatoms. The Morgan fingerprint density at radius 1 is 1.15 bits per heavy atom. The van der Waals surface area contributed by atoms with Crippen molar-refractivity contribution < 1.29 is 31.6 Å². The van der Waals surface area contributed by atoms with Crippen molar-refractivity contribution in [2.75, 3.05) is 19.5 Å². The number of nitrogens with zero attached hydrogens (tertiary/aromatic N) is 2. The Balaban J connectivity index is 1.79. The van der Waals surface area contributed by atoms with Gasteiger partial charge in [0, 0.05) is 10.5 Å². The summed E-state index contributed by atoms with van der Waals surface area (Å²) in [4.78, 5) is 21.1. The topological polar surface area (TPSA) is 132 Å². The van der Waals surface area contributed by atoms with E-state index in [0.29, 0.717) is 29.2 Å². The molecule has 10 nitrogen and oxygen atoms in total. The second kappa shape index (κ2) is 9.87. The zero-order valence-corrected chi connectivity index (χ0v) is 19.7. The predicted octanol–water partition coefficient (Wildman–Crippen LogP) is 3.40. The van der Waals surface area contributed by atoms with E-state index in [1.165, 1.54) is 27.0 Å². The van der Waals surface area contributed by atoms with Crippen LogP contribution in [0, 0.1) is 5.82 Å². The Labute approximate surface area is 193 Å². The minimum Gasteiger partial charge on any atom is -0.497 e. The van der Waals surface area contributed by atoms with E-state index < -0.39 is 31.2 Å². The fourth-order valence-electron chi connectivity index (χ4n) is 2.67. The molecule has 1 amide bonds. The van der Waals surface area contributed by atoms with E-state index in [9.17, 15) is 17.6 Å². The highest BCUT2D eigenvalue weighted by Crippen LogP contribution is 2.31. The number of aromatic amines is 1. The van der Waals surface area contributed by atoms with Crippen LogP contribution in [0.2, 0.25) is 0 Å². The summed E-state index contributed by atoms with van der Waals surface area (Å²) in [5.41, 5.74) is 0.674. The minimum absolute atomic E-state index is 0.127. The molecule has 0 atom stereocenters. The molecule has 0 aliphatic rings. The van der Waals surface area contributed by atoms with Crippen molar-refractivity contribution >= 4 is 33.7 Å². The molecule has 2 aromatic carbocycles. The Hall–Kier alpha value is -3.00. The monoisotopic (exact) mass is 496 g/mol. The summed E-state index contributed by atoms with van der Waals surface area (Å²) in [7, 11) is -1.61. The highest BCUT2D eigenvalue weighted by atomic mass is 32.2. The van der Waals surface area contributed by atoms with Gasteiger partial charge < -0.3 is 4.74 Å². The first-order valence-corrected chi connectivity index (χ1v) is 11.6. The third-order valence-corrected chi connectivity index (χ3v) is 7.77. The van der Waals surface area contributed by atoms with Crippen LogP contribution >= 0.6 is 12.0 Å². The van der Waals surface area contributed by atoms with E-state index in [2.05, 4.69) is 29.7 Å². The molecule has 3 aromatic rings. The van der Waals surface area contributed by atoms with Crippen molar-refractivity contribution in [2.45, 2.75) is 28.4 Å². The number of hydrogen-bond acceptors (Lipinski definition) is 9. The lowest BCUT2D eigenvalue weighted by Gasteiger charge is -2.23. The van der Waals surface area contributed by atoms with Gasteiger partial charge in [0.15, 0.2) is 15.7 Å². The number of ether oxygens (including phenoxy) is 1. The maximum absolute atomic E-state index is 14.6. The van der Waals surface area contributed by atoms with Crippen LogP contribution in [0.5, 0.6) is 5.75 Å². The average Bonchev–Trinajstić information content (AvgIpc) is 3.25. The number of aromatic nitrogens is 3. The third-order valence-electron chi connectivity index (χ3n) is 4.68. The van der Waals surface area contributed by atoms with E-state index in [-0.39, 0.29) is 10.8 Å². The number of H-pyrrole nitrogens is 1. The van der Waals surface area contributed by atoms with Crippen molar-refractivity contribution in [3.8, 4) is 17.1 Å². The molecule has 0 spiro atoms. The molecule has 0 aliphatic heterocycles. The maximum atomic E-state index is 14.6. The van der Waals surface area contributed by atoms with Crippen molar-refractivity contribution in [2.24, 2.45) is 0 Å². The van der Waals surface area contributed by atoms with Gasteiger partial charge in [-0.05, 0) is 56.3 Å². The van der Waals surface area contributed by atoms with E-state index in [1.54, 1.807) is 31.4 Å². The van der Waals surface area contributed by atoms with Crippen LogP contribution in [-0.2, 0) is 23.9 Å². The van der Waals surface area contributed by atoms with Crippen LogP contribution < -0.4 is 10.1 Å². The Morgan fingerprint density at radius 2 is 1.85 bits per heavy atom. The smallest absolute Gasteiger partial charge is 0.249 e. The number of carbonyl (C=O) groups is 1. The summed E-state index contributed by atoms with van der Waals surface area (Å²) in [5, 5.41) is 8.94. The van der Waals surface area contributed by atoms with Crippen molar-refractivity contribution in [3.63, 3.8) is 0 Å². The number of halogens is 1. The van der Waals surface area contributed by atoms with E-state index in [0.717, 1.165) is 12.1 Å². The first-order chi connectivity index (χ1) is 15.6. The second-order valence-corrected chi connectivity index (χ2v) is 10.4. The molecule has 0 aliphatic carbocycles. The summed E-state index contributed by atoms with van der Waals surface area (Å²) in [6.07, 6.45) is 0. The quantitative estimate of drug-likeness (QED) is 0.260. The molecule has 2 N–H and O–H groups in total. The SMILES string of the molecule is COOSc1ccc(S(=O)(=O)C(C)(C)C(=O)Nc2n[nH]c(-c3ccc(OC)cc3)n2)c(F)c1. The molecule has 0 bridgehead atoms. The number of carbonyl (C=O) groups excluding carboxylic acids is 1. The number of hydrogen-bond donors (Lipinski definition) is 2. The van der Waals surface area contributed by atoms with Crippen molar-refractivity contribution in [1.82, 2.24) is 15.2 Å². The summed E-state index contributed by atoms with van der Waals surface area (Å²) >= 11 is 0.709. The lowest BCUT2D eigenvalue weighted by atomic mass is 10.2. The Kier molecular flexibility index (Phi) is 7.37. The summed E-state index contributed by atoms with van der Waals surface area (Å²) < 4.78 is 48.5. The molecule has 0 fully saturated rings. The lowest BCUT2D eigenvalue weighted by molar-refractivity contribution is -0.160. The number of amides is 1. The van der Waals surface area contributed by atoms with Crippen LogP contribution in [0.3, 0.4) is 0 Å². The Morgan fingerprint density at radius 3 is 2.45 bits per heavy atom. The molecule has 3 rings (SSSR count). The van der Waals surface area contributed by atoms with Gasteiger partial charge in [-0.15, -0.1) is 5.10 Å². The highest BCUT2D eigenvalue weighted by molar-refractivity contribution is 7.94. The molecule has 0 saturated carbocycles. The summed E-state index contributed by atoms with van der Waals surface area (Å²) in [6.45, 7) is 2.34. The largest absolute Gasteiger partial charge is 0.497 e. The molecule has 1 aromatic heterocycles. The highest BCUT2D eigenvalue weighted by Gasteiger charge is 2.44. The van der Waals surface area contributed by atoms with Gasteiger partial charge >= 0.3 is 0 Å². The van der Waals surface area contributed by atoms with Gasteiger partial charge in [-0.3, -0.25) is 15.2 Å². The lowest BCUT2D eigenvalue weighted by Crippen LogP contribution is -2.45. The molecular weight excluding hydrogens is 475 g/mol. The molecule has 33 heavy (non-hydrogen) atoms. The number of methoxy groups -OCH3 is 1. The van der Waals surface area contributed by atoms with Gasteiger partial charge in [-0.1, -0.05) is 0 Å². The summed E-state index contributed by atoms with van der Waals surface area (Å²) in [6, 6.07) is 10.3. The molecule has 1 heterocycles. The normalized spacial score (nSPS) is 11.9. The van der Waals surface area contributed by atoms with Crippen LogP contribution in [0.1, 0.15) is 13.8 Å². The second-order valence-electron chi connectivity index (χ2n) is 7.11. The molecule has 0 unspecified atom stereocenters. The van der Waals surface area contributed by atoms with Crippen molar-refractivity contribution in [1.29, 1.82) is 0 Å². The van der Waals surface area contributed by atoms with E-state index in [4.69, 9.17) is 4.74 Å². The molecule has 176 valence electrons. The fraction of sp³-hybridized carbons (Fsp3) is 0.250. The zero-order chi connectivity index (χ0) is 24.2.